The van der Waals surface area contributed by atoms with Gasteiger partial charge in [-0.2, -0.15) is 5.26 Å². The number of nitrogens with one attached hydrogen (secondary N) is 3. The normalized spacial score (nSPS) is 22.4. The number of carbonyl (C=O) groups is 4. The van der Waals surface area contributed by atoms with E-state index in [-0.39, 0.29) is 72.2 Å². The van der Waals surface area contributed by atoms with E-state index in [2.05, 4.69) is 79.3 Å². The Bertz CT molecular complexity index is 2770. The van der Waals surface area contributed by atoms with Crippen molar-refractivity contribution in [2.24, 2.45) is 16.2 Å². The monoisotopic (exact) mass is 1110 g/mol. The van der Waals surface area contributed by atoms with Gasteiger partial charge in [-0.05, 0) is 54.7 Å². The second kappa shape index (κ2) is 24.7. The van der Waals surface area contributed by atoms with E-state index in [1.165, 1.54) is 4.90 Å². The predicted octanol–water partition coefficient (Wildman–Crippen LogP) is 5.78. The Balaban J connectivity index is 0.702. The van der Waals surface area contributed by atoms with Gasteiger partial charge in [-0.25, -0.2) is 9.97 Å². The Morgan fingerprint density at radius 1 is 0.885 bits per heavy atom. The molecule has 4 fully saturated rings. The molecule has 18 nitrogen and oxygen atoms in total. The van der Waals surface area contributed by atoms with Crippen molar-refractivity contribution < 1.29 is 33.8 Å². The van der Waals surface area contributed by atoms with Gasteiger partial charge in [0.25, 0.3) is 5.91 Å². The number of β-amino-alcohol motifs (C(OH)–C–C–N with tert-alkyl or cyclic N) is 1. The molecule has 420 valence electrons. The minimum atomic E-state index is -0.898. The van der Waals surface area contributed by atoms with Crippen molar-refractivity contribution in [3.8, 4) is 22.3 Å². The SMILES string of the molecule is Cc1ncsc1-c1ccc([C@H](C)NC(=O)[C@@H]2C[C@@H](O)CN2C(=O)C(NC(=O)CN2CCN(CCOCCN3CCN(c4ccc(C(=O)NC5C(C)(C)C(Oc6ccc(C#N)c(Cl)c6)C5(C)C)cn4)CC3)CC2)C(C)(C)C)cc1. The van der Waals surface area contributed by atoms with Crippen molar-refractivity contribution in [1.29, 1.82) is 5.26 Å². The van der Waals surface area contributed by atoms with E-state index in [1.54, 1.807) is 35.7 Å². The molecule has 4 atom stereocenters. The number of aromatic nitrogens is 2. The number of rotatable bonds is 19. The third-order valence-corrected chi connectivity index (χ3v) is 17.4. The lowest BCUT2D eigenvalue weighted by atomic mass is 9.49. The number of nitrogens with zero attached hydrogens (tertiary/aromatic N) is 8. The predicted molar refractivity (Wildman–Crippen MR) is 302 cm³/mol. The zero-order valence-electron chi connectivity index (χ0n) is 46.7. The van der Waals surface area contributed by atoms with E-state index in [1.807, 2.05) is 76.5 Å². The van der Waals surface area contributed by atoms with Gasteiger partial charge < -0.3 is 40.3 Å². The van der Waals surface area contributed by atoms with Crippen molar-refractivity contribution in [3.05, 3.63) is 93.7 Å². The summed E-state index contributed by atoms with van der Waals surface area (Å²) >= 11 is 7.85. The number of aliphatic hydroxyl groups is 1. The molecule has 8 rings (SSSR count). The summed E-state index contributed by atoms with van der Waals surface area (Å²) in [4.78, 5) is 75.7. The van der Waals surface area contributed by atoms with Gasteiger partial charge in [-0.3, -0.25) is 33.9 Å². The second-order valence-corrected chi connectivity index (χ2v) is 24.9. The van der Waals surface area contributed by atoms with Gasteiger partial charge in [-0.1, -0.05) is 84.3 Å². The third-order valence-electron chi connectivity index (χ3n) is 16.1. The number of hydrogen-bond acceptors (Lipinski definition) is 15. The fourth-order valence-electron chi connectivity index (χ4n) is 11.8. The van der Waals surface area contributed by atoms with Gasteiger partial charge >= 0.3 is 0 Å². The standard InChI is InChI=1S/C58H78ClN11O7S/c1-37(39-10-12-40(13-11-39)49-38(2)62-36-78-49)63-52(74)46-30-43(71)34-70(46)53(75)50(56(3,4)5)64-48(72)35-68-20-18-66(19-21-68)26-28-76-29-27-67-22-24-69(25-23-67)47-17-15-42(33-61-47)51(73)65-54-57(6,7)55(58(54,8)9)77-44-16-14-41(32-60)45(59)31-44/h10-17,31,33,36-37,43,46,50,54-55,71H,18-30,34-35H2,1-9H3,(H,63,74)(H,64,72)(H,65,73)/t37-,43+,46-,50?,54?,55?/m0/s1. The molecule has 3 aliphatic heterocycles. The number of aryl methyl sites for hydroxylation is 1. The molecule has 4 aromatic rings. The first-order chi connectivity index (χ1) is 37.0. The molecule has 2 aromatic carbocycles. The summed E-state index contributed by atoms with van der Waals surface area (Å²) in [5, 5.41) is 29.6. The number of amides is 4. The fraction of sp³-hybridized carbons (Fsp3) is 0.569. The Morgan fingerprint density at radius 3 is 2.10 bits per heavy atom. The molecule has 1 saturated carbocycles. The van der Waals surface area contributed by atoms with Crippen molar-refractivity contribution in [2.45, 2.75) is 105 Å². The lowest BCUT2D eigenvalue weighted by molar-refractivity contribution is -0.164. The Labute approximate surface area is 468 Å². The van der Waals surface area contributed by atoms with Gasteiger partial charge in [0.05, 0.1) is 64.1 Å². The van der Waals surface area contributed by atoms with Crippen LogP contribution in [0.3, 0.4) is 0 Å². The molecule has 0 radical (unpaired) electrons. The van der Waals surface area contributed by atoms with Crippen LogP contribution in [0.2, 0.25) is 5.02 Å². The summed E-state index contributed by atoms with van der Waals surface area (Å²) in [5.41, 5.74) is 4.25. The number of ether oxygens (including phenoxy) is 2. The molecule has 20 heteroatoms. The van der Waals surface area contributed by atoms with E-state index >= 15 is 0 Å². The number of aliphatic hydroxyl groups excluding tert-OH is 1. The molecule has 2 aromatic heterocycles. The minimum Gasteiger partial charge on any atom is -0.489 e. The highest BCUT2D eigenvalue weighted by Crippen LogP contribution is 2.55. The van der Waals surface area contributed by atoms with Crippen LogP contribution < -0.4 is 25.6 Å². The smallest absolute Gasteiger partial charge is 0.253 e. The molecule has 4 N–H and O–H groups in total. The number of benzene rings is 2. The van der Waals surface area contributed by atoms with E-state index in [0.717, 1.165) is 79.9 Å². The Kier molecular flexibility index (Phi) is 18.5. The number of nitriles is 1. The van der Waals surface area contributed by atoms with Crippen LogP contribution in [0.25, 0.3) is 10.4 Å². The first-order valence-electron chi connectivity index (χ1n) is 27.2. The van der Waals surface area contributed by atoms with Gasteiger partial charge in [0.1, 0.15) is 35.8 Å². The molecule has 78 heavy (non-hydrogen) atoms. The maximum absolute atomic E-state index is 14.3. The Hall–Kier alpha value is -5.72. The molecule has 1 unspecified atom stereocenters. The van der Waals surface area contributed by atoms with Crippen LogP contribution in [-0.4, -0.2) is 180 Å². The third kappa shape index (κ3) is 13.6. The maximum atomic E-state index is 14.3. The molecule has 4 aliphatic rings. The van der Waals surface area contributed by atoms with Crippen LogP contribution >= 0.6 is 22.9 Å². The molecule has 0 bridgehead atoms. The minimum absolute atomic E-state index is 0.0124. The lowest BCUT2D eigenvalue weighted by Gasteiger charge is -2.63. The van der Waals surface area contributed by atoms with E-state index < -0.39 is 23.6 Å². The summed E-state index contributed by atoms with van der Waals surface area (Å²) in [5.74, 6) is 0.271. The van der Waals surface area contributed by atoms with Gasteiger partial charge in [0.2, 0.25) is 17.7 Å². The van der Waals surface area contributed by atoms with Gasteiger partial charge in [0, 0.05) is 108 Å². The number of thiazole rings is 1. The topological polar surface area (TPSA) is 209 Å². The first kappa shape index (κ1) is 58.4. The molecule has 3 saturated heterocycles. The summed E-state index contributed by atoms with van der Waals surface area (Å²) in [6.45, 7) is 27.3. The average molecular weight is 1110 g/mol. The quantitative estimate of drug-likeness (QED) is 0.0822. The summed E-state index contributed by atoms with van der Waals surface area (Å²) < 4.78 is 12.5. The van der Waals surface area contributed by atoms with Gasteiger partial charge in [-0.15, -0.1) is 11.3 Å². The molecule has 1 aliphatic carbocycles. The van der Waals surface area contributed by atoms with Crippen molar-refractivity contribution in [2.75, 3.05) is 96.7 Å². The number of piperazine rings is 2. The van der Waals surface area contributed by atoms with Gasteiger partial charge in [0.15, 0.2) is 0 Å². The van der Waals surface area contributed by atoms with Crippen LogP contribution in [0.15, 0.2) is 66.3 Å². The number of anilines is 1. The number of likely N-dealkylation sites (tertiary alicyclic amines) is 1. The number of pyridine rings is 1. The summed E-state index contributed by atoms with van der Waals surface area (Å²) in [6, 6.07) is 16.6. The van der Waals surface area contributed by atoms with E-state index in [0.29, 0.717) is 48.2 Å². The number of halogens is 1. The number of carbonyl (C=O) groups excluding carboxylic acids is 4. The maximum Gasteiger partial charge on any atom is 0.253 e. The highest BCUT2D eigenvalue weighted by atomic mass is 35.5. The molecule has 4 amide bonds. The van der Waals surface area contributed by atoms with Crippen molar-refractivity contribution >= 4 is 52.4 Å². The van der Waals surface area contributed by atoms with E-state index in [9.17, 15) is 29.5 Å². The number of hydrogen-bond donors (Lipinski definition) is 4. The van der Waals surface area contributed by atoms with Crippen LogP contribution in [0.4, 0.5) is 5.82 Å². The fourth-order valence-corrected chi connectivity index (χ4v) is 12.8. The largest absolute Gasteiger partial charge is 0.489 e. The lowest BCUT2D eigenvalue weighted by Crippen LogP contribution is -2.74. The van der Waals surface area contributed by atoms with Crippen molar-refractivity contribution in [1.82, 2.24) is 45.5 Å². The molecular weight excluding hydrogens is 1030 g/mol. The zero-order valence-corrected chi connectivity index (χ0v) is 48.3. The van der Waals surface area contributed by atoms with Crippen LogP contribution in [0.1, 0.15) is 95.0 Å². The summed E-state index contributed by atoms with van der Waals surface area (Å²) in [7, 11) is 0. The van der Waals surface area contributed by atoms with Crippen LogP contribution in [0.5, 0.6) is 5.75 Å². The van der Waals surface area contributed by atoms with Crippen LogP contribution in [0, 0.1) is 34.5 Å². The zero-order chi connectivity index (χ0) is 56.1. The van der Waals surface area contributed by atoms with E-state index in [4.69, 9.17) is 21.1 Å². The Morgan fingerprint density at radius 2 is 1.53 bits per heavy atom. The summed E-state index contributed by atoms with van der Waals surface area (Å²) in [6.07, 6.45) is 0.709. The average Bonchev–Trinajstić information content (AvgIpc) is 4.06. The first-order valence-corrected chi connectivity index (χ1v) is 28.5. The van der Waals surface area contributed by atoms with Crippen LogP contribution in [-0.2, 0) is 19.1 Å². The molecule has 5 heterocycles. The molecular formula is C58H78ClN11O7S. The van der Waals surface area contributed by atoms with Crippen molar-refractivity contribution in [3.63, 3.8) is 0 Å². The highest BCUT2D eigenvalue weighted by molar-refractivity contribution is 7.13. The molecule has 0 spiro atoms. The highest BCUT2D eigenvalue weighted by Gasteiger charge is 2.64. The second-order valence-electron chi connectivity index (χ2n) is 23.6.